The molecule has 3 unspecified atom stereocenters. The molecule has 2 aliphatic rings. The zero-order valence-corrected chi connectivity index (χ0v) is 12.5. The first-order valence-corrected chi connectivity index (χ1v) is 8.20. The minimum Gasteiger partial charge on any atom is -0.478 e. The number of pyridine rings is 1. The number of ether oxygens (including phenoxy) is 1. The Morgan fingerprint density at radius 1 is 1.15 bits per heavy atom. The first kappa shape index (κ1) is 13.7. The van der Waals surface area contributed by atoms with Crippen LogP contribution in [0.2, 0.25) is 0 Å². The van der Waals surface area contributed by atoms with Gasteiger partial charge in [-0.05, 0) is 44.1 Å². The van der Waals surface area contributed by atoms with Gasteiger partial charge in [-0.1, -0.05) is 25.7 Å². The lowest BCUT2D eigenvalue weighted by Gasteiger charge is -2.39. The van der Waals surface area contributed by atoms with Gasteiger partial charge in [-0.15, -0.1) is 0 Å². The van der Waals surface area contributed by atoms with Crippen molar-refractivity contribution in [2.45, 2.75) is 57.9 Å². The average molecular weight is 274 g/mol. The molecule has 2 saturated carbocycles. The molecule has 0 amide bonds. The smallest absolute Gasteiger partial charge is 0.213 e. The molecule has 3 atom stereocenters. The van der Waals surface area contributed by atoms with E-state index in [4.69, 9.17) is 4.74 Å². The van der Waals surface area contributed by atoms with Crippen LogP contribution in [0.1, 0.15) is 51.9 Å². The molecule has 1 N–H and O–H groups in total. The summed E-state index contributed by atoms with van der Waals surface area (Å²) in [6, 6.07) is 4.68. The molecule has 0 aromatic carbocycles. The van der Waals surface area contributed by atoms with E-state index >= 15 is 0 Å². The van der Waals surface area contributed by atoms with Crippen LogP contribution in [-0.2, 0) is 0 Å². The molecule has 3 nitrogen and oxygen atoms in total. The fourth-order valence-electron chi connectivity index (χ4n) is 3.94. The highest BCUT2D eigenvalue weighted by Gasteiger charge is 2.31. The number of aromatic nitrogens is 1. The lowest BCUT2D eigenvalue weighted by Crippen LogP contribution is -2.34. The summed E-state index contributed by atoms with van der Waals surface area (Å²) in [7, 11) is 0. The van der Waals surface area contributed by atoms with Crippen LogP contribution in [0.25, 0.3) is 0 Å². The van der Waals surface area contributed by atoms with Gasteiger partial charge in [0.1, 0.15) is 0 Å². The fraction of sp³-hybridized carbons (Fsp3) is 0.706. The third-order valence-electron chi connectivity index (χ3n) is 4.94. The Labute approximate surface area is 122 Å². The molecule has 3 rings (SSSR count). The molecule has 3 heteroatoms. The van der Waals surface area contributed by atoms with Gasteiger partial charge >= 0.3 is 0 Å². The van der Waals surface area contributed by atoms with Crippen LogP contribution in [0.3, 0.4) is 0 Å². The van der Waals surface area contributed by atoms with Crippen molar-refractivity contribution in [3.05, 3.63) is 18.3 Å². The Hall–Kier alpha value is -1.25. The monoisotopic (exact) mass is 274 g/mol. The summed E-state index contributed by atoms with van der Waals surface area (Å²) in [6.07, 6.45) is 11.8. The Kier molecular flexibility index (Phi) is 4.44. The molecule has 1 heterocycles. The van der Waals surface area contributed by atoms with Gasteiger partial charge in [0, 0.05) is 12.1 Å². The second-order valence-electron chi connectivity index (χ2n) is 6.28. The number of anilines is 1. The zero-order chi connectivity index (χ0) is 13.8. The van der Waals surface area contributed by atoms with E-state index < -0.39 is 0 Å². The van der Waals surface area contributed by atoms with Crippen LogP contribution < -0.4 is 10.1 Å². The first-order valence-electron chi connectivity index (χ1n) is 8.20. The van der Waals surface area contributed by atoms with Crippen LogP contribution in [-0.4, -0.2) is 17.6 Å². The number of hydrogen-bond donors (Lipinski definition) is 1. The molecule has 0 bridgehead atoms. The highest BCUT2D eigenvalue weighted by molar-refractivity contribution is 5.43. The second-order valence-corrected chi connectivity index (χ2v) is 6.28. The maximum absolute atomic E-state index is 5.38. The van der Waals surface area contributed by atoms with Crippen LogP contribution >= 0.6 is 0 Å². The number of hydrogen-bond acceptors (Lipinski definition) is 3. The van der Waals surface area contributed by atoms with Crippen molar-refractivity contribution in [1.29, 1.82) is 0 Å². The number of nitrogens with one attached hydrogen (secondary N) is 1. The lowest BCUT2D eigenvalue weighted by molar-refractivity contribution is 0.162. The topological polar surface area (TPSA) is 34.1 Å². The summed E-state index contributed by atoms with van der Waals surface area (Å²) in [5.41, 5.74) is 1.13. The van der Waals surface area contributed by atoms with E-state index in [1.807, 2.05) is 19.2 Å². The summed E-state index contributed by atoms with van der Waals surface area (Å²) in [4.78, 5) is 4.33. The van der Waals surface area contributed by atoms with Gasteiger partial charge in [-0.25, -0.2) is 4.98 Å². The van der Waals surface area contributed by atoms with Gasteiger partial charge in [-0.3, -0.25) is 0 Å². The van der Waals surface area contributed by atoms with E-state index in [1.54, 1.807) is 0 Å². The number of rotatable bonds is 4. The normalized spacial score (nSPS) is 29.6. The van der Waals surface area contributed by atoms with E-state index in [9.17, 15) is 0 Å². The second kappa shape index (κ2) is 6.47. The summed E-state index contributed by atoms with van der Waals surface area (Å²) < 4.78 is 5.38. The molecule has 20 heavy (non-hydrogen) atoms. The summed E-state index contributed by atoms with van der Waals surface area (Å²) >= 11 is 0. The van der Waals surface area contributed by atoms with Crippen molar-refractivity contribution in [2.75, 3.05) is 11.9 Å². The van der Waals surface area contributed by atoms with Crippen LogP contribution in [0.15, 0.2) is 18.3 Å². The lowest BCUT2D eigenvalue weighted by atomic mass is 9.69. The highest BCUT2D eigenvalue weighted by Crippen LogP contribution is 2.41. The van der Waals surface area contributed by atoms with Crippen LogP contribution in [0.5, 0.6) is 5.88 Å². The molecular formula is C17H26N2O. The molecule has 1 aromatic rings. The molecule has 0 aliphatic heterocycles. The molecule has 0 radical (unpaired) electrons. The van der Waals surface area contributed by atoms with Gasteiger partial charge in [0.2, 0.25) is 5.88 Å². The quantitative estimate of drug-likeness (QED) is 0.891. The molecule has 0 spiro atoms. The average Bonchev–Trinajstić information content (AvgIpc) is 2.49. The van der Waals surface area contributed by atoms with Crippen molar-refractivity contribution in [2.24, 2.45) is 11.8 Å². The SMILES string of the molecule is CCOc1ccc(NC2CCC3CCCCC3C2)cn1. The largest absolute Gasteiger partial charge is 0.478 e. The third kappa shape index (κ3) is 3.25. The van der Waals surface area contributed by atoms with Crippen molar-refractivity contribution < 1.29 is 4.74 Å². The molecule has 2 fully saturated rings. The maximum Gasteiger partial charge on any atom is 0.213 e. The van der Waals surface area contributed by atoms with Crippen molar-refractivity contribution in [3.8, 4) is 5.88 Å². The van der Waals surface area contributed by atoms with Crippen molar-refractivity contribution >= 4 is 5.69 Å². The zero-order valence-electron chi connectivity index (χ0n) is 12.5. The van der Waals surface area contributed by atoms with Gasteiger partial charge in [0.15, 0.2) is 0 Å². The van der Waals surface area contributed by atoms with Crippen molar-refractivity contribution in [3.63, 3.8) is 0 Å². The maximum atomic E-state index is 5.38. The predicted molar refractivity (Wildman–Crippen MR) is 82.1 cm³/mol. The van der Waals surface area contributed by atoms with E-state index in [0.29, 0.717) is 18.5 Å². The summed E-state index contributed by atoms with van der Waals surface area (Å²) in [5, 5.41) is 3.67. The predicted octanol–water partition coefficient (Wildman–Crippen LogP) is 4.25. The van der Waals surface area contributed by atoms with Gasteiger partial charge in [-0.2, -0.15) is 0 Å². The Bertz CT molecular complexity index is 418. The molecule has 110 valence electrons. The Morgan fingerprint density at radius 2 is 2.00 bits per heavy atom. The minimum absolute atomic E-state index is 0.633. The molecule has 2 aliphatic carbocycles. The number of nitrogens with zero attached hydrogens (tertiary/aromatic N) is 1. The third-order valence-corrected chi connectivity index (χ3v) is 4.94. The summed E-state index contributed by atoms with van der Waals surface area (Å²) in [5.74, 6) is 2.69. The van der Waals surface area contributed by atoms with E-state index in [0.717, 1.165) is 17.5 Å². The molecular weight excluding hydrogens is 248 g/mol. The Balaban J connectivity index is 1.55. The summed E-state index contributed by atoms with van der Waals surface area (Å²) in [6.45, 7) is 2.65. The van der Waals surface area contributed by atoms with Crippen LogP contribution in [0.4, 0.5) is 5.69 Å². The Morgan fingerprint density at radius 3 is 2.75 bits per heavy atom. The number of fused-ring (bicyclic) bond motifs is 1. The molecule has 0 saturated heterocycles. The van der Waals surface area contributed by atoms with E-state index in [2.05, 4.69) is 16.4 Å². The molecule has 1 aromatic heterocycles. The van der Waals surface area contributed by atoms with Crippen molar-refractivity contribution in [1.82, 2.24) is 4.98 Å². The fourth-order valence-corrected chi connectivity index (χ4v) is 3.94. The first-order chi connectivity index (χ1) is 9.85. The van der Waals surface area contributed by atoms with Crippen LogP contribution in [0, 0.1) is 11.8 Å². The van der Waals surface area contributed by atoms with Gasteiger partial charge in [0.05, 0.1) is 18.5 Å². The van der Waals surface area contributed by atoms with Gasteiger partial charge in [0.25, 0.3) is 0 Å². The minimum atomic E-state index is 0.633. The standard InChI is InChI=1S/C17H26N2O/c1-2-20-17-10-9-16(12-18-17)19-15-8-7-13-5-3-4-6-14(13)11-15/h9-10,12-15,19H,2-8,11H2,1H3. The van der Waals surface area contributed by atoms with Gasteiger partial charge < -0.3 is 10.1 Å². The van der Waals surface area contributed by atoms with E-state index in [1.165, 1.54) is 44.9 Å². The highest BCUT2D eigenvalue weighted by atomic mass is 16.5. The van der Waals surface area contributed by atoms with E-state index in [-0.39, 0.29) is 0 Å².